The predicted molar refractivity (Wildman–Crippen MR) is 116 cm³/mol. The Kier molecular flexibility index (Phi) is 6.35. The summed E-state index contributed by atoms with van der Waals surface area (Å²) in [5, 5.41) is 12.2. The molecule has 5 heteroatoms. The fraction of sp³-hybridized carbons (Fsp3) is 0.458. The maximum absolute atomic E-state index is 13.3. The molecule has 2 aromatic rings. The van der Waals surface area contributed by atoms with Gasteiger partial charge in [-0.2, -0.15) is 0 Å². The Morgan fingerprint density at radius 1 is 0.966 bits per heavy atom. The van der Waals surface area contributed by atoms with Gasteiger partial charge in [0.05, 0.1) is 6.54 Å². The van der Waals surface area contributed by atoms with Crippen LogP contribution in [0.4, 0.5) is 0 Å². The van der Waals surface area contributed by atoms with Crippen molar-refractivity contribution >= 4 is 17.4 Å². The first-order valence-electron chi connectivity index (χ1n) is 10.6. The van der Waals surface area contributed by atoms with Crippen LogP contribution in [0.25, 0.3) is 0 Å². The summed E-state index contributed by atoms with van der Waals surface area (Å²) < 4.78 is 0. The lowest BCUT2D eigenvalue weighted by Crippen LogP contribution is -2.53. The highest BCUT2D eigenvalue weighted by atomic mass is 35.5. The van der Waals surface area contributed by atoms with Gasteiger partial charge < -0.3 is 5.11 Å². The smallest absolute Gasteiger partial charge is 0.183 e. The van der Waals surface area contributed by atoms with Crippen LogP contribution in [0.2, 0.25) is 5.02 Å². The molecular formula is C24H29ClN2O2. The molecule has 1 N–H and O–H groups in total. The first-order valence-corrected chi connectivity index (χ1v) is 10.9. The third kappa shape index (κ3) is 4.56. The van der Waals surface area contributed by atoms with E-state index in [4.69, 9.17) is 11.6 Å². The average Bonchev–Trinajstić information content (AvgIpc) is 2.70. The lowest BCUT2D eigenvalue weighted by molar-refractivity contribution is -0.151. The van der Waals surface area contributed by atoms with E-state index in [9.17, 15) is 9.90 Å². The van der Waals surface area contributed by atoms with Gasteiger partial charge in [-0.05, 0) is 42.0 Å². The summed E-state index contributed by atoms with van der Waals surface area (Å²) in [4.78, 5) is 17.8. The minimum atomic E-state index is -1.35. The Bertz CT molecular complexity index is 815. The lowest BCUT2D eigenvalue weighted by atomic mass is 9.67. The molecule has 1 saturated heterocycles. The second kappa shape index (κ2) is 8.97. The van der Waals surface area contributed by atoms with Crippen LogP contribution in [0.15, 0.2) is 54.6 Å². The molecule has 2 aliphatic rings. The van der Waals surface area contributed by atoms with Crippen LogP contribution in [-0.2, 0) is 16.9 Å². The van der Waals surface area contributed by atoms with Crippen LogP contribution in [0.5, 0.6) is 0 Å². The number of nitrogens with zero attached hydrogens (tertiary/aromatic N) is 2. The van der Waals surface area contributed by atoms with Crippen molar-refractivity contribution in [3.8, 4) is 0 Å². The van der Waals surface area contributed by atoms with E-state index < -0.39 is 5.60 Å². The molecule has 29 heavy (non-hydrogen) atoms. The molecule has 2 fully saturated rings. The number of Topliss-reactive ketones (excluding diaryl/α,β-unsaturated/α-hetero) is 1. The molecule has 2 aromatic carbocycles. The Hall–Kier alpha value is -1.72. The number of piperazine rings is 1. The summed E-state index contributed by atoms with van der Waals surface area (Å²) >= 11 is 5.97. The molecule has 4 rings (SSSR count). The van der Waals surface area contributed by atoms with Crippen molar-refractivity contribution in [1.29, 1.82) is 0 Å². The standard InChI is InChI=1S/C24H29ClN2O2/c25-22-11-9-19(10-12-22)17-26-13-15-27(16-14-26)18-23(28)24(29,21-7-4-8-21)20-5-2-1-3-6-20/h1-3,5-6,9-12,21,29H,4,7-8,13-18H2. The van der Waals surface area contributed by atoms with Crippen LogP contribution in [0, 0.1) is 5.92 Å². The SMILES string of the molecule is O=C(CN1CCN(Cc2ccc(Cl)cc2)CC1)C(O)(c1ccccc1)C1CCC1. The molecule has 1 atom stereocenters. The first-order chi connectivity index (χ1) is 14.1. The van der Waals surface area contributed by atoms with Crippen molar-refractivity contribution in [3.05, 3.63) is 70.7 Å². The fourth-order valence-corrected chi connectivity index (χ4v) is 4.55. The van der Waals surface area contributed by atoms with Gasteiger partial charge in [0.1, 0.15) is 0 Å². The number of aliphatic hydroxyl groups is 1. The molecule has 1 unspecified atom stereocenters. The normalized spacial score (nSPS) is 20.8. The van der Waals surface area contributed by atoms with Crippen molar-refractivity contribution in [2.75, 3.05) is 32.7 Å². The van der Waals surface area contributed by atoms with E-state index in [1.807, 2.05) is 42.5 Å². The number of halogens is 1. The molecule has 0 radical (unpaired) electrons. The zero-order valence-corrected chi connectivity index (χ0v) is 17.5. The zero-order chi connectivity index (χ0) is 20.3. The average molecular weight is 413 g/mol. The number of hydrogen-bond acceptors (Lipinski definition) is 4. The topological polar surface area (TPSA) is 43.8 Å². The Morgan fingerprint density at radius 2 is 1.59 bits per heavy atom. The molecule has 4 nitrogen and oxygen atoms in total. The first kappa shape index (κ1) is 20.5. The van der Waals surface area contributed by atoms with Gasteiger partial charge >= 0.3 is 0 Å². The largest absolute Gasteiger partial charge is 0.377 e. The highest BCUT2D eigenvalue weighted by Gasteiger charge is 2.47. The van der Waals surface area contributed by atoms with Gasteiger partial charge in [0.25, 0.3) is 0 Å². The van der Waals surface area contributed by atoms with Gasteiger partial charge in [-0.1, -0.05) is 60.5 Å². The van der Waals surface area contributed by atoms with Crippen LogP contribution in [0.1, 0.15) is 30.4 Å². The highest BCUT2D eigenvalue weighted by Crippen LogP contribution is 2.43. The lowest BCUT2D eigenvalue weighted by Gasteiger charge is -2.42. The molecule has 1 heterocycles. The summed E-state index contributed by atoms with van der Waals surface area (Å²) in [5.74, 6) is -0.0110. The monoisotopic (exact) mass is 412 g/mol. The van der Waals surface area contributed by atoms with E-state index >= 15 is 0 Å². The summed E-state index contributed by atoms with van der Waals surface area (Å²) in [7, 11) is 0. The predicted octanol–water partition coefficient (Wildman–Crippen LogP) is 3.71. The number of carbonyl (C=O) groups is 1. The summed E-state index contributed by atoms with van der Waals surface area (Å²) in [6.07, 6.45) is 2.94. The second-order valence-corrected chi connectivity index (χ2v) is 8.80. The third-order valence-corrected chi connectivity index (χ3v) is 6.74. The van der Waals surface area contributed by atoms with E-state index in [0.29, 0.717) is 6.54 Å². The zero-order valence-electron chi connectivity index (χ0n) is 16.8. The number of benzene rings is 2. The van der Waals surface area contributed by atoms with Crippen LogP contribution < -0.4 is 0 Å². The van der Waals surface area contributed by atoms with Gasteiger partial charge in [0.15, 0.2) is 11.4 Å². The number of rotatable bonds is 7. The van der Waals surface area contributed by atoms with Gasteiger partial charge in [0, 0.05) is 37.7 Å². The Morgan fingerprint density at radius 3 is 2.17 bits per heavy atom. The quantitative estimate of drug-likeness (QED) is 0.752. The second-order valence-electron chi connectivity index (χ2n) is 8.36. The molecule has 1 aliphatic carbocycles. The minimum Gasteiger partial charge on any atom is -0.377 e. The maximum Gasteiger partial charge on any atom is 0.183 e. The number of ketones is 1. The van der Waals surface area contributed by atoms with E-state index in [-0.39, 0.29) is 11.7 Å². The highest BCUT2D eigenvalue weighted by molar-refractivity contribution is 6.30. The van der Waals surface area contributed by atoms with Crippen molar-refractivity contribution in [2.45, 2.75) is 31.4 Å². The summed E-state index contributed by atoms with van der Waals surface area (Å²) in [6, 6.07) is 17.5. The minimum absolute atomic E-state index is 0.0450. The molecule has 1 saturated carbocycles. The van der Waals surface area contributed by atoms with Crippen LogP contribution in [0.3, 0.4) is 0 Å². The molecule has 154 valence electrons. The van der Waals surface area contributed by atoms with Gasteiger partial charge in [0.2, 0.25) is 0 Å². The molecular weight excluding hydrogens is 384 g/mol. The fourth-order valence-electron chi connectivity index (χ4n) is 4.42. The molecule has 0 spiro atoms. The molecule has 0 amide bonds. The van der Waals surface area contributed by atoms with Crippen molar-refractivity contribution in [3.63, 3.8) is 0 Å². The van der Waals surface area contributed by atoms with Gasteiger partial charge in [-0.25, -0.2) is 0 Å². The third-order valence-electron chi connectivity index (χ3n) is 6.49. The summed E-state index contributed by atoms with van der Waals surface area (Å²) in [6.45, 7) is 4.74. The van der Waals surface area contributed by atoms with E-state index in [0.717, 1.165) is 62.6 Å². The number of hydrogen-bond donors (Lipinski definition) is 1. The molecule has 1 aliphatic heterocycles. The maximum atomic E-state index is 13.3. The van der Waals surface area contributed by atoms with Gasteiger partial charge in [-0.3, -0.25) is 14.6 Å². The Labute approximate surface area is 178 Å². The number of carbonyl (C=O) groups excluding carboxylic acids is 1. The van der Waals surface area contributed by atoms with E-state index in [1.165, 1.54) is 5.56 Å². The van der Waals surface area contributed by atoms with Crippen molar-refractivity contribution < 1.29 is 9.90 Å². The van der Waals surface area contributed by atoms with Crippen molar-refractivity contribution in [2.24, 2.45) is 5.92 Å². The van der Waals surface area contributed by atoms with Crippen LogP contribution in [-0.4, -0.2) is 53.4 Å². The molecule has 0 aromatic heterocycles. The van der Waals surface area contributed by atoms with E-state index in [1.54, 1.807) is 0 Å². The van der Waals surface area contributed by atoms with Gasteiger partial charge in [-0.15, -0.1) is 0 Å². The Balaban J connectivity index is 1.35. The van der Waals surface area contributed by atoms with E-state index in [2.05, 4.69) is 21.9 Å². The summed E-state index contributed by atoms with van der Waals surface area (Å²) in [5.41, 5.74) is 0.651. The van der Waals surface area contributed by atoms with Crippen LogP contribution >= 0.6 is 11.6 Å². The van der Waals surface area contributed by atoms with Crippen molar-refractivity contribution in [1.82, 2.24) is 9.80 Å². The molecule has 0 bridgehead atoms.